The fraction of sp³-hybridized carbons (Fsp3) is 0.462. The molecule has 0 saturated carbocycles. The summed E-state index contributed by atoms with van der Waals surface area (Å²) in [5.74, 6) is 0.951. The average Bonchev–Trinajstić information content (AvgIpc) is 2.53. The number of hydrogen-bond acceptors (Lipinski definition) is 6. The van der Waals surface area contributed by atoms with Crippen LogP contribution in [0.3, 0.4) is 0 Å². The van der Waals surface area contributed by atoms with E-state index < -0.39 is 0 Å². The monoisotopic (exact) mass is 297 g/mol. The molecule has 8 heteroatoms. The number of halogens is 1. The summed E-state index contributed by atoms with van der Waals surface area (Å²) in [5, 5.41) is 0. The van der Waals surface area contributed by atoms with Crippen molar-refractivity contribution in [1.82, 2.24) is 14.9 Å². The van der Waals surface area contributed by atoms with E-state index in [0.29, 0.717) is 36.7 Å². The first-order valence-electron chi connectivity index (χ1n) is 6.40. The highest BCUT2D eigenvalue weighted by molar-refractivity contribution is 5.46. The van der Waals surface area contributed by atoms with Crippen LogP contribution in [0.2, 0.25) is 0 Å². The topological polar surface area (TPSA) is 84.6 Å². The second-order valence-corrected chi connectivity index (χ2v) is 4.49. The zero-order valence-electron chi connectivity index (χ0n) is 12.2. The van der Waals surface area contributed by atoms with Gasteiger partial charge in [0.25, 0.3) is 0 Å². The molecule has 0 aliphatic heterocycles. The zero-order valence-corrected chi connectivity index (χ0v) is 12.2. The molecule has 0 aliphatic carbocycles. The molecule has 2 N–H and O–H groups in total. The van der Waals surface area contributed by atoms with Crippen LogP contribution in [0.4, 0.5) is 10.3 Å². The van der Waals surface area contributed by atoms with Crippen LogP contribution in [0.25, 0.3) is 0 Å². The normalized spacial score (nSPS) is 11.1. The van der Waals surface area contributed by atoms with Gasteiger partial charge in [-0.15, -0.1) is 0 Å². The Bertz CT molecular complexity index is 466. The number of amides is 1. The van der Waals surface area contributed by atoms with Crippen LogP contribution < -0.4 is 15.4 Å². The molecule has 7 nitrogen and oxygen atoms in total. The van der Waals surface area contributed by atoms with E-state index in [4.69, 9.17) is 10.5 Å². The first-order chi connectivity index (χ1) is 10.1. The van der Waals surface area contributed by atoms with Crippen molar-refractivity contribution in [3.63, 3.8) is 0 Å². The predicted molar refractivity (Wildman–Crippen MR) is 77.7 cm³/mol. The molecule has 1 aromatic rings. The van der Waals surface area contributed by atoms with Crippen molar-refractivity contribution in [2.45, 2.75) is 0 Å². The zero-order chi connectivity index (χ0) is 15.7. The Balaban J connectivity index is 2.51. The Hall–Kier alpha value is -2.22. The Morgan fingerprint density at radius 2 is 2.05 bits per heavy atom. The molecule has 116 valence electrons. The van der Waals surface area contributed by atoms with Crippen molar-refractivity contribution in [2.24, 2.45) is 5.73 Å². The van der Waals surface area contributed by atoms with Crippen LogP contribution in [-0.4, -0.2) is 61.6 Å². The summed E-state index contributed by atoms with van der Waals surface area (Å²) >= 11 is 0. The van der Waals surface area contributed by atoms with Gasteiger partial charge in [-0.05, 0) is 0 Å². The molecule has 0 saturated heterocycles. The van der Waals surface area contributed by atoms with E-state index >= 15 is 0 Å². The van der Waals surface area contributed by atoms with E-state index in [1.807, 2.05) is 11.9 Å². The minimum absolute atomic E-state index is 0.0652. The molecule has 0 radical (unpaired) electrons. The van der Waals surface area contributed by atoms with Gasteiger partial charge >= 0.3 is 0 Å². The summed E-state index contributed by atoms with van der Waals surface area (Å²) in [6, 6.07) is 0. The number of aromatic nitrogens is 2. The first-order valence-corrected chi connectivity index (χ1v) is 6.40. The van der Waals surface area contributed by atoms with Crippen LogP contribution in [0, 0.1) is 0 Å². The third kappa shape index (κ3) is 5.74. The fourth-order valence-electron chi connectivity index (χ4n) is 1.35. The number of nitrogens with zero attached hydrogens (tertiary/aromatic N) is 4. The second kappa shape index (κ2) is 8.85. The number of ether oxygens (including phenoxy) is 1. The lowest BCUT2D eigenvalue weighted by Gasteiger charge is -2.19. The first kappa shape index (κ1) is 16.8. The van der Waals surface area contributed by atoms with Gasteiger partial charge in [0, 0.05) is 39.3 Å². The third-order valence-electron chi connectivity index (χ3n) is 2.76. The lowest BCUT2D eigenvalue weighted by Crippen LogP contribution is -2.30. The second-order valence-electron chi connectivity index (χ2n) is 4.49. The minimum atomic E-state index is 0.0652. The van der Waals surface area contributed by atoms with E-state index in [1.165, 1.54) is 17.3 Å². The molecule has 1 amide bonds. The van der Waals surface area contributed by atoms with Crippen molar-refractivity contribution < 1.29 is 13.9 Å². The Morgan fingerprint density at radius 3 is 2.57 bits per heavy atom. The van der Waals surface area contributed by atoms with Crippen LogP contribution in [-0.2, 0) is 4.79 Å². The van der Waals surface area contributed by atoms with Gasteiger partial charge in [-0.2, -0.15) is 0 Å². The molecule has 0 aliphatic rings. The van der Waals surface area contributed by atoms with Gasteiger partial charge in [-0.25, -0.2) is 14.4 Å². The summed E-state index contributed by atoms with van der Waals surface area (Å²) in [5.41, 5.74) is 5.68. The van der Waals surface area contributed by atoms with Crippen molar-refractivity contribution in [3.8, 4) is 5.75 Å². The third-order valence-corrected chi connectivity index (χ3v) is 2.76. The maximum Gasteiger partial charge on any atom is 0.225 e. The molecule has 0 spiro atoms. The number of rotatable bonds is 9. The number of nitrogens with two attached hydrogens (primary N) is 1. The SMILES string of the molecule is CN(C=O)CCN(C)c1ncc(OC/C(=C/F)CN)cn1. The van der Waals surface area contributed by atoms with Gasteiger partial charge in [-0.1, -0.05) is 0 Å². The van der Waals surface area contributed by atoms with Gasteiger partial charge in [0.1, 0.15) is 6.61 Å². The van der Waals surface area contributed by atoms with Gasteiger partial charge in [0.15, 0.2) is 5.75 Å². The Labute approximate surface area is 123 Å². The lowest BCUT2D eigenvalue weighted by molar-refractivity contribution is -0.116. The molecule has 1 aromatic heterocycles. The number of anilines is 1. The molecule has 1 rings (SSSR count). The molecule has 1 heterocycles. The summed E-state index contributed by atoms with van der Waals surface area (Å²) < 4.78 is 17.6. The highest BCUT2D eigenvalue weighted by Crippen LogP contribution is 2.11. The molecular weight excluding hydrogens is 277 g/mol. The Kier molecular flexibility index (Phi) is 7.10. The average molecular weight is 297 g/mol. The summed E-state index contributed by atoms with van der Waals surface area (Å²) in [6.45, 7) is 1.35. The number of likely N-dealkylation sites (N-methyl/N-ethyl adjacent to an activating group) is 2. The van der Waals surface area contributed by atoms with E-state index in [-0.39, 0.29) is 13.2 Å². The maximum atomic E-state index is 12.3. The van der Waals surface area contributed by atoms with Crippen LogP contribution in [0.1, 0.15) is 0 Å². The fourth-order valence-corrected chi connectivity index (χ4v) is 1.35. The van der Waals surface area contributed by atoms with Gasteiger partial charge in [0.05, 0.1) is 18.7 Å². The number of hydrogen-bond donors (Lipinski definition) is 1. The standard InChI is InChI=1S/C13H20FN5O2/c1-18(10-20)3-4-19(2)13-16-7-12(8-17-13)21-9-11(5-14)6-15/h5,7-8,10H,3-4,6,9,15H2,1-2H3/b11-5+. The molecule has 0 unspecified atom stereocenters. The predicted octanol–water partition coefficient (Wildman–Crippen LogP) is 0.192. The number of carbonyl (C=O) groups is 1. The minimum Gasteiger partial charge on any atom is -0.486 e. The molecule has 0 atom stereocenters. The summed E-state index contributed by atoms with van der Waals surface area (Å²) in [6.07, 6.45) is 4.22. The molecule has 0 fully saturated rings. The molecule has 0 aromatic carbocycles. The quantitative estimate of drug-likeness (QED) is 0.655. The Morgan fingerprint density at radius 1 is 1.38 bits per heavy atom. The number of carbonyl (C=O) groups excluding carboxylic acids is 1. The van der Waals surface area contributed by atoms with Crippen LogP contribution >= 0.6 is 0 Å². The van der Waals surface area contributed by atoms with E-state index in [1.54, 1.807) is 7.05 Å². The lowest BCUT2D eigenvalue weighted by atomic mass is 10.3. The summed E-state index contributed by atoms with van der Waals surface area (Å²) in [7, 11) is 3.53. The highest BCUT2D eigenvalue weighted by atomic mass is 19.1. The van der Waals surface area contributed by atoms with Crippen molar-refractivity contribution >= 4 is 12.4 Å². The summed E-state index contributed by atoms with van der Waals surface area (Å²) in [4.78, 5) is 22.1. The van der Waals surface area contributed by atoms with E-state index in [9.17, 15) is 9.18 Å². The highest BCUT2D eigenvalue weighted by Gasteiger charge is 2.06. The van der Waals surface area contributed by atoms with Gasteiger partial charge in [-0.3, -0.25) is 4.79 Å². The molecule has 21 heavy (non-hydrogen) atoms. The maximum absolute atomic E-state index is 12.3. The van der Waals surface area contributed by atoms with Crippen molar-refractivity contribution in [1.29, 1.82) is 0 Å². The van der Waals surface area contributed by atoms with Crippen molar-refractivity contribution in [2.75, 3.05) is 45.2 Å². The van der Waals surface area contributed by atoms with E-state index in [2.05, 4.69) is 9.97 Å². The van der Waals surface area contributed by atoms with Gasteiger partial charge < -0.3 is 20.3 Å². The van der Waals surface area contributed by atoms with Gasteiger partial charge in [0.2, 0.25) is 12.4 Å². The molecular formula is C13H20FN5O2. The van der Waals surface area contributed by atoms with Crippen LogP contribution in [0.15, 0.2) is 24.3 Å². The largest absolute Gasteiger partial charge is 0.486 e. The molecule has 0 bridgehead atoms. The van der Waals surface area contributed by atoms with E-state index in [0.717, 1.165) is 6.41 Å². The van der Waals surface area contributed by atoms with Crippen LogP contribution in [0.5, 0.6) is 5.75 Å². The van der Waals surface area contributed by atoms with Crippen molar-refractivity contribution in [3.05, 3.63) is 24.3 Å². The smallest absolute Gasteiger partial charge is 0.225 e.